The molecule has 4 rings (SSSR count). The van der Waals surface area contributed by atoms with E-state index in [2.05, 4.69) is 20.4 Å². The summed E-state index contributed by atoms with van der Waals surface area (Å²) in [5.74, 6) is -1.50. The lowest BCUT2D eigenvalue weighted by Crippen LogP contribution is -2.43. The summed E-state index contributed by atoms with van der Waals surface area (Å²) in [6, 6.07) is 13.3. The first-order valence-corrected chi connectivity index (χ1v) is 9.87. The molecule has 2 fully saturated rings. The zero-order valence-corrected chi connectivity index (χ0v) is 17.3. The van der Waals surface area contributed by atoms with Gasteiger partial charge in [-0.15, -0.1) is 5.10 Å². The number of carbonyl (C=O) groups is 2. The van der Waals surface area contributed by atoms with E-state index in [1.54, 1.807) is 0 Å². The molecule has 2 aliphatic heterocycles. The summed E-state index contributed by atoms with van der Waals surface area (Å²) in [4.78, 5) is 23.5. The number of aliphatic carboxylic acids is 1. The Hall–Kier alpha value is -3.21. The maximum Gasteiger partial charge on any atom is 0.490 e. The standard InChI is InChI=1S/C19H22N4O2.C2HF3O2/c1-14-7-8-17(22-21-14)23-9-16-10-25-13-19(16,12-23)11-20-18(24)15-5-3-2-4-6-15;3-2(4,5)1(6)7/h2-8,16H,9-13H2,1H3,(H,20,24);(H,6,7)/t16-,19+;/m1./s1. The Bertz CT molecular complexity index is 940. The first-order valence-electron chi connectivity index (χ1n) is 9.87. The van der Waals surface area contributed by atoms with E-state index in [0.717, 1.165) is 31.2 Å². The van der Waals surface area contributed by atoms with E-state index in [1.807, 2.05) is 49.4 Å². The number of alkyl halides is 3. The minimum atomic E-state index is -5.08. The van der Waals surface area contributed by atoms with Crippen LogP contribution in [-0.4, -0.2) is 66.2 Å². The second-order valence-electron chi connectivity index (χ2n) is 7.84. The Kier molecular flexibility index (Phi) is 6.97. The van der Waals surface area contributed by atoms with Gasteiger partial charge in [0.15, 0.2) is 5.82 Å². The summed E-state index contributed by atoms with van der Waals surface area (Å²) in [5, 5.41) is 18.7. The van der Waals surface area contributed by atoms with E-state index in [1.165, 1.54) is 0 Å². The van der Waals surface area contributed by atoms with Crippen LogP contribution >= 0.6 is 0 Å². The van der Waals surface area contributed by atoms with Gasteiger partial charge in [-0.25, -0.2) is 4.79 Å². The molecule has 3 heterocycles. The normalized spacial score (nSPS) is 22.0. The van der Waals surface area contributed by atoms with Gasteiger partial charge in [0.05, 0.1) is 18.9 Å². The molecule has 2 N–H and O–H groups in total. The van der Waals surface area contributed by atoms with Crippen LogP contribution in [0.2, 0.25) is 0 Å². The number of hydrogen-bond acceptors (Lipinski definition) is 6. The lowest BCUT2D eigenvalue weighted by molar-refractivity contribution is -0.192. The van der Waals surface area contributed by atoms with Gasteiger partial charge in [0.1, 0.15) is 0 Å². The first kappa shape index (κ1) is 23.5. The largest absolute Gasteiger partial charge is 0.490 e. The number of carbonyl (C=O) groups excluding carboxylic acids is 1. The molecule has 2 aromatic rings. The van der Waals surface area contributed by atoms with Crippen molar-refractivity contribution < 1.29 is 32.6 Å². The molecule has 0 unspecified atom stereocenters. The summed E-state index contributed by atoms with van der Waals surface area (Å²) in [5.41, 5.74) is 1.54. The molecule has 32 heavy (non-hydrogen) atoms. The van der Waals surface area contributed by atoms with E-state index in [9.17, 15) is 18.0 Å². The Morgan fingerprint density at radius 3 is 2.50 bits per heavy atom. The third-order valence-electron chi connectivity index (χ3n) is 5.51. The number of ether oxygens (including phenoxy) is 1. The van der Waals surface area contributed by atoms with Crippen molar-refractivity contribution in [2.75, 3.05) is 37.7 Å². The molecule has 11 heteroatoms. The van der Waals surface area contributed by atoms with Gasteiger partial charge in [-0.05, 0) is 31.2 Å². The lowest BCUT2D eigenvalue weighted by Gasteiger charge is -2.27. The number of benzene rings is 1. The fourth-order valence-electron chi connectivity index (χ4n) is 3.77. The molecule has 1 aromatic carbocycles. The van der Waals surface area contributed by atoms with Crippen molar-refractivity contribution in [3.05, 3.63) is 53.7 Å². The topological polar surface area (TPSA) is 105 Å². The molecule has 1 aromatic heterocycles. The van der Waals surface area contributed by atoms with Crippen LogP contribution in [0.25, 0.3) is 0 Å². The van der Waals surface area contributed by atoms with Crippen molar-refractivity contribution in [2.45, 2.75) is 13.1 Å². The van der Waals surface area contributed by atoms with Crippen molar-refractivity contribution >= 4 is 17.7 Å². The number of carboxylic acids is 1. The molecule has 0 saturated carbocycles. The third-order valence-corrected chi connectivity index (χ3v) is 5.51. The number of carboxylic acid groups (broad SMARTS) is 1. The lowest BCUT2D eigenvalue weighted by atomic mass is 9.81. The highest BCUT2D eigenvalue weighted by Gasteiger charge is 2.51. The molecule has 0 bridgehead atoms. The van der Waals surface area contributed by atoms with E-state index < -0.39 is 12.1 Å². The van der Waals surface area contributed by atoms with Gasteiger partial charge >= 0.3 is 12.1 Å². The molecule has 0 spiro atoms. The zero-order valence-electron chi connectivity index (χ0n) is 17.3. The van der Waals surface area contributed by atoms with Crippen LogP contribution in [0.15, 0.2) is 42.5 Å². The second kappa shape index (κ2) is 9.51. The second-order valence-corrected chi connectivity index (χ2v) is 7.84. The van der Waals surface area contributed by atoms with Gasteiger partial charge < -0.3 is 20.1 Å². The Morgan fingerprint density at radius 1 is 1.22 bits per heavy atom. The van der Waals surface area contributed by atoms with Gasteiger partial charge in [-0.1, -0.05) is 18.2 Å². The third kappa shape index (κ3) is 5.52. The number of aromatic nitrogens is 2. The summed E-state index contributed by atoms with van der Waals surface area (Å²) >= 11 is 0. The van der Waals surface area contributed by atoms with Gasteiger partial charge in [-0.3, -0.25) is 4.79 Å². The van der Waals surface area contributed by atoms with Crippen LogP contribution < -0.4 is 10.2 Å². The Labute approximate surface area is 182 Å². The van der Waals surface area contributed by atoms with E-state index in [-0.39, 0.29) is 11.3 Å². The molecular weight excluding hydrogens is 429 g/mol. The summed E-state index contributed by atoms with van der Waals surface area (Å²) in [7, 11) is 0. The minimum Gasteiger partial charge on any atom is -0.475 e. The summed E-state index contributed by atoms with van der Waals surface area (Å²) < 4.78 is 37.5. The monoisotopic (exact) mass is 452 g/mol. The van der Waals surface area contributed by atoms with Crippen molar-refractivity contribution in [1.29, 1.82) is 0 Å². The highest BCUT2D eigenvalue weighted by atomic mass is 19.4. The summed E-state index contributed by atoms with van der Waals surface area (Å²) in [6.07, 6.45) is -5.08. The fraction of sp³-hybridized carbons (Fsp3) is 0.429. The highest BCUT2D eigenvalue weighted by Crippen LogP contribution is 2.42. The van der Waals surface area contributed by atoms with Gasteiger partial charge in [-0.2, -0.15) is 18.3 Å². The van der Waals surface area contributed by atoms with Crippen molar-refractivity contribution in [1.82, 2.24) is 15.5 Å². The van der Waals surface area contributed by atoms with Gasteiger partial charge in [0.25, 0.3) is 5.91 Å². The minimum absolute atomic E-state index is 0.0331. The van der Waals surface area contributed by atoms with Crippen molar-refractivity contribution in [3.63, 3.8) is 0 Å². The van der Waals surface area contributed by atoms with E-state index in [0.29, 0.717) is 24.6 Å². The van der Waals surface area contributed by atoms with Crippen molar-refractivity contribution in [3.8, 4) is 0 Å². The smallest absolute Gasteiger partial charge is 0.475 e. The van der Waals surface area contributed by atoms with Crippen molar-refractivity contribution in [2.24, 2.45) is 11.3 Å². The van der Waals surface area contributed by atoms with Gasteiger partial charge in [0, 0.05) is 36.5 Å². The zero-order chi connectivity index (χ0) is 23.4. The first-order chi connectivity index (χ1) is 15.1. The number of fused-ring (bicyclic) bond motifs is 1. The summed E-state index contributed by atoms with van der Waals surface area (Å²) in [6.45, 7) is 5.66. The fourth-order valence-corrected chi connectivity index (χ4v) is 3.77. The maximum atomic E-state index is 12.4. The highest BCUT2D eigenvalue weighted by molar-refractivity contribution is 5.94. The molecule has 2 aliphatic rings. The predicted octanol–water partition coefficient (Wildman–Crippen LogP) is 2.30. The number of anilines is 1. The van der Waals surface area contributed by atoms with Gasteiger partial charge in [0.2, 0.25) is 0 Å². The maximum absolute atomic E-state index is 12.4. The predicted molar refractivity (Wildman–Crippen MR) is 108 cm³/mol. The van der Waals surface area contributed by atoms with Crippen LogP contribution in [0.4, 0.5) is 19.0 Å². The number of nitrogens with zero attached hydrogens (tertiary/aromatic N) is 3. The van der Waals surface area contributed by atoms with Crippen LogP contribution in [0.5, 0.6) is 0 Å². The Balaban J connectivity index is 0.000000360. The molecule has 1 amide bonds. The quantitative estimate of drug-likeness (QED) is 0.734. The SMILES string of the molecule is Cc1ccc(N2C[C@@H]3COC[C@]3(CNC(=O)c3ccccc3)C2)nn1.O=C(O)C(F)(F)F. The molecule has 0 aliphatic carbocycles. The van der Waals surface area contributed by atoms with E-state index >= 15 is 0 Å². The van der Waals surface area contributed by atoms with Crippen LogP contribution in [0.1, 0.15) is 16.1 Å². The number of aryl methyl sites for hydroxylation is 1. The van der Waals surface area contributed by atoms with Crippen LogP contribution in [-0.2, 0) is 9.53 Å². The molecule has 172 valence electrons. The molecule has 2 saturated heterocycles. The van der Waals surface area contributed by atoms with Crippen LogP contribution in [0, 0.1) is 18.3 Å². The average Bonchev–Trinajstić information content (AvgIpc) is 3.30. The number of rotatable bonds is 4. The average molecular weight is 452 g/mol. The van der Waals surface area contributed by atoms with Crippen LogP contribution in [0.3, 0.4) is 0 Å². The molecular formula is C21H23F3N4O4. The molecule has 0 radical (unpaired) electrons. The molecule has 2 atom stereocenters. The Morgan fingerprint density at radius 2 is 1.91 bits per heavy atom. The van der Waals surface area contributed by atoms with E-state index in [4.69, 9.17) is 14.6 Å². The number of nitrogens with one attached hydrogen (secondary N) is 1. The molecule has 8 nitrogen and oxygen atoms in total. The number of halogens is 3. The number of hydrogen-bond donors (Lipinski definition) is 2. The number of amides is 1.